The highest BCUT2D eigenvalue weighted by atomic mass is 80.0. The summed E-state index contributed by atoms with van der Waals surface area (Å²) in [4.78, 5) is 13.1. The van der Waals surface area contributed by atoms with Crippen molar-refractivity contribution in [2.24, 2.45) is 0 Å². The van der Waals surface area contributed by atoms with Gasteiger partial charge in [-0.2, -0.15) is 0 Å². The van der Waals surface area contributed by atoms with E-state index in [9.17, 15) is 0 Å². The van der Waals surface area contributed by atoms with Gasteiger partial charge in [0.05, 0.1) is 0 Å². The van der Waals surface area contributed by atoms with Gasteiger partial charge in [-0.15, -0.1) is 0 Å². The van der Waals surface area contributed by atoms with E-state index in [4.69, 9.17) is 4.42 Å². The van der Waals surface area contributed by atoms with Gasteiger partial charge >= 0.3 is 0 Å². The van der Waals surface area contributed by atoms with Crippen LogP contribution < -0.4 is 0 Å². The minimum Gasteiger partial charge on any atom is -0.462 e. The van der Waals surface area contributed by atoms with E-state index >= 15 is 0 Å². The first-order valence-electron chi connectivity index (χ1n) is 5.71. The van der Waals surface area contributed by atoms with Crippen LogP contribution in [-0.4, -0.2) is 15.0 Å². The number of halogens is 6. The Morgan fingerprint density at radius 1 is 0.864 bits per heavy atom. The maximum atomic E-state index is 5.49. The first kappa shape index (κ1) is 19.2. The summed E-state index contributed by atoms with van der Waals surface area (Å²) < 4.78 is 4.00. The summed E-state index contributed by atoms with van der Waals surface area (Å²) in [5.74, 6) is 2.99. The van der Waals surface area contributed by atoms with Crippen LogP contribution in [0.3, 0.4) is 0 Å². The molecule has 0 aliphatic carbocycles. The standard InChI is InChI=1S/C12H7Br6N3O/c1-6-2-3-7(22-6)4-5-8-19-9(11(13,14)15)21-10(20-8)12(16,17)18/h2-5H,1H3. The molecule has 118 valence electrons. The second-order valence-electron chi connectivity index (χ2n) is 4.12. The Kier molecular flexibility index (Phi) is 6.50. The summed E-state index contributed by atoms with van der Waals surface area (Å²) in [6.45, 7) is 1.89. The number of aryl methyl sites for hydroxylation is 1. The summed E-state index contributed by atoms with van der Waals surface area (Å²) in [6, 6.07) is 3.77. The molecule has 0 amide bonds. The highest BCUT2D eigenvalue weighted by Crippen LogP contribution is 2.46. The molecule has 0 radical (unpaired) electrons. The Bertz CT molecular complexity index is 669. The van der Waals surface area contributed by atoms with Gasteiger partial charge in [-0.3, -0.25) is 0 Å². The fourth-order valence-electron chi connectivity index (χ4n) is 1.42. The fraction of sp³-hybridized carbons (Fsp3) is 0.250. The highest BCUT2D eigenvalue weighted by molar-refractivity contribution is 9.39. The zero-order chi connectivity index (χ0) is 16.5. The monoisotopic (exact) mass is 683 g/mol. The van der Waals surface area contributed by atoms with Crippen LogP contribution in [-0.2, 0) is 4.29 Å². The topological polar surface area (TPSA) is 51.8 Å². The third-order valence-corrected chi connectivity index (χ3v) is 4.45. The summed E-state index contributed by atoms with van der Waals surface area (Å²) in [5.41, 5.74) is 0. The zero-order valence-corrected chi connectivity index (χ0v) is 20.3. The molecule has 2 heterocycles. The Morgan fingerprint density at radius 2 is 1.41 bits per heavy atom. The van der Waals surface area contributed by atoms with Crippen molar-refractivity contribution >= 4 is 108 Å². The molecule has 2 aromatic rings. The average molecular weight is 689 g/mol. The van der Waals surface area contributed by atoms with Gasteiger partial charge in [-0.1, -0.05) is 95.6 Å². The van der Waals surface area contributed by atoms with Crippen LogP contribution in [0.5, 0.6) is 0 Å². The van der Waals surface area contributed by atoms with E-state index < -0.39 is 4.29 Å². The van der Waals surface area contributed by atoms with Gasteiger partial charge in [0, 0.05) is 0 Å². The molecule has 10 heteroatoms. The molecule has 22 heavy (non-hydrogen) atoms. The second kappa shape index (κ2) is 7.43. The van der Waals surface area contributed by atoms with Crippen molar-refractivity contribution < 1.29 is 4.42 Å². The molecule has 0 N–H and O–H groups in total. The lowest BCUT2D eigenvalue weighted by atomic mass is 10.4. The molecular formula is C12H7Br6N3O. The molecule has 0 saturated carbocycles. The zero-order valence-electron chi connectivity index (χ0n) is 10.8. The number of furan rings is 1. The van der Waals surface area contributed by atoms with Crippen LogP contribution in [0.4, 0.5) is 0 Å². The van der Waals surface area contributed by atoms with E-state index in [1.165, 1.54) is 0 Å². The van der Waals surface area contributed by atoms with Crippen LogP contribution in [0.15, 0.2) is 16.5 Å². The molecule has 2 rings (SSSR count). The number of nitrogens with zero attached hydrogens (tertiary/aromatic N) is 3. The molecule has 2 aromatic heterocycles. The van der Waals surface area contributed by atoms with Crippen molar-refractivity contribution in [3.8, 4) is 0 Å². The third kappa shape index (κ3) is 5.47. The van der Waals surface area contributed by atoms with Crippen molar-refractivity contribution in [2.75, 3.05) is 0 Å². The largest absolute Gasteiger partial charge is 0.462 e. The number of hydrogen-bond acceptors (Lipinski definition) is 4. The van der Waals surface area contributed by atoms with Crippen molar-refractivity contribution in [3.05, 3.63) is 41.1 Å². The van der Waals surface area contributed by atoms with Gasteiger partial charge < -0.3 is 4.42 Å². The molecule has 0 saturated heterocycles. The first-order valence-corrected chi connectivity index (χ1v) is 10.5. The molecule has 0 aromatic carbocycles. The predicted molar refractivity (Wildman–Crippen MR) is 109 cm³/mol. The van der Waals surface area contributed by atoms with Gasteiger partial charge in [0.1, 0.15) is 11.5 Å². The number of hydrogen-bond donors (Lipinski definition) is 0. The van der Waals surface area contributed by atoms with E-state index in [1.807, 2.05) is 19.1 Å². The van der Waals surface area contributed by atoms with Gasteiger partial charge in [-0.05, 0) is 31.2 Å². The summed E-state index contributed by atoms with van der Waals surface area (Å²) >= 11 is 20.5. The molecular weight excluding hydrogens is 682 g/mol. The summed E-state index contributed by atoms with van der Waals surface area (Å²) in [5, 5.41) is 0. The minimum atomic E-state index is -0.743. The van der Waals surface area contributed by atoms with Gasteiger partial charge in [0.15, 0.2) is 21.8 Å². The van der Waals surface area contributed by atoms with E-state index in [-0.39, 0.29) is 0 Å². The third-order valence-electron chi connectivity index (χ3n) is 2.32. The molecule has 0 aliphatic rings. The Hall–Kier alpha value is 0.910. The lowest BCUT2D eigenvalue weighted by Gasteiger charge is -2.16. The quantitative estimate of drug-likeness (QED) is 0.337. The van der Waals surface area contributed by atoms with Crippen LogP contribution in [0, 0.1) is 6.92 Å². The summed E-state index contributed by atoms with van der Waals surface area (Å²) in [6.07, 6.45) is 3.55. The lowest BCUT2D eigenvalue weighted by molar-refractivity contribution is 0.525. The molecule has 4 nitrogen and oxygen atoms in total. The molecule has 0 spiro atoms. The molecule has 0 bridgehead atoms. The van der Waals surface area contributed by atoms with E-state index in [1.54, 1.807) is 12.2 Å². The van der Waals surface area contributed by atoms with E-state index in [0.29, 0.717) is 17.5 Å². The number of alkyl halides is 6. The average Bonchev–Trinajstić information content (AvgIpc) is 2.80. The van der Waals surface area contributed by atoms with Crippen molar-refractivity contribution in [3.63, 3.8) is 0 Å². The Morgan fingerprint density at radius 3 is 1.82 bits per heavy atom. The first-order chi connectivity index (χ1) is 10.1. The smallest absolute Gasteiger partial charge is 0.194 e. The van der Waals surface area contributed by atoms with Crippen molar-refractivity contribution in [1.29, 1.82) is 0 Å². The lowest BCUT2D eigenvalue weighted by Crippen LogP contribution is -2.15. The van der Waals surface area contributed by atoms with Crippen LogP contribution in [0.1, 0.15) is 29.0 Å². The SMILES string of the molecule is Cc1ccc(C=Cc2nc(C(Br)(Br)Br)nc(C(Br)(Br)Br)n2)o1. The van der Waals surface area contributed by atoms with E-state index in [2.05, 4.69) is 111 Å². The molecule has 0 aliphatic heterocycles. The number of rotatable bonds is 2. The second-order valence-corrected chi connectivity index (χ2v) is 17.6. The maximum Gasteiger partial charge on any atom is 0.194 e. The summed E-state index contributed by atoms with van der Waals surface area (Å²) in [7, 11) is 0. The van der Waals surface area contributed by atoms with Crippen LogP contribution in [0.25, 0.3) is 12.2 Å². The minimum absolute atomic E-state index is 0.468. The highest BCUT2D eigenvalue weighted by Gasteiger charge is 2.31. The molecule has 0 fully saturated rings. The van der Waals surface area contributed by atoms with Crippen LogP contribution in [0.2, 0.25) is 0 Å². The van der Waals surface area contributed by atoms with Crippen molar-refractivity contribution in [2.45, 2.75) is 11.2 Å². The molecule has 0 unspecified atom stereocenters. The van der Waals surface area contributed by atoms with Gasteiger partial charge in [0.25, 0.3) is 0 Å². The van der Waals surface area contributed by atoms with Crippen LogP contribution >= 0.6 is 95.6 Å². The maximum absolute atomic E-state index is 5.49. The predicted octanol–water partition coefficient (Wildman–Crippen LogP) is 6.53. The fourth-order valence-corrected chi connectivity index (χ4v) is 2.48. The van der Waals surface area contributed by atoms with E-state index in [0.717, 1.165) is 11.5 Å². The van der Waals surface area contributed by atoms with Gasteiger partial charge in [-0.25, -0.2) is 15.0 Å². The Balaban J connectivity index is 2.44. The van der Waals surface area contributed by atoms with Gasteiger partial charge in [0.2, 0.25) is 0 Å². The number of aromatic nitrogens is 3. The normalized spacial score (nSPS) is 13.0. The molecule has 0 atom stereocenters. The Labute approximate surface area is 177 Å². The van der Waals surface area contributed by atoms with Crippen molar-refractivity contribution in [1.82, 2.24) is 15.0 Å².